The first-order valence-electron chi connectivity index (χ1n) is 8.65. The molecule has 4 aromatic rings. The fourth-order valence-corrected chi connectivity index (χ4v) is 3.54. The van der Waals surface area contributed by atoms with Gasteiger partial charge in [0, 0.05) is 34.1 Å². The minimum Gasteiger partial charge on any atom is -0.422 e. The summed E-state index contributed by atoms with van der Waals surface area (Å²) in [6.45, 7) is 0. The second-order valence-electron chi connectivity index (χ2n) is 6.11. The van der Waals surface area contributed by atoms with Gasteiger partial charge in [0.05, 0.1) is 0 Å². The van der Waals surface area contributed by atoms with Crippen LogP contribution in [0.5, 0.6) is 0 Å². The Morgan fingerprint density at radius 3 is 2.64 bits per heavy atom. The normalized spacial score (nSPS) is 10.7. The van der Waals surface area contributed by atoms with E-state index in [9.17, 15) is 9.59 Å². The number of amides is 1. The molecule has 1 N–H and O–H groups in total. The maximum atomic E-state index is 12.5. The van der Waals surface area contributed by atoms with E-state index in [1.54, 1.807) is 42.2 Å². The van der Waals surface area contributed by atoms with Gasteiger partial charge in [-0.05, 0) is 48.0 Å². The Labute approximate surface area is 165 Å². The van der Waals surface area contributed by atoms with E-state index in [1.165, 1.54) is 0 Å². The third-order valence-corrected chi connectivity index (χ3v) is 5.21. The Morgan fingerprint density at radius 1 is 1.04 bits per heavy atom. The van der Waals surface area contributed by atoms with Crippen LogP contribution in [0.15, 0.2) is 93.2 Å². The molecule has 1 amide bonds. The van der Waals surface area contributed by atoms with Crippen molar-refractivity contribution in [3.63, 3.8) is 0 Å². The Balaban J connectivity index is 1.45. The third-order valence-electron chi connectivity index (χ3n) is 4.13. The molecule has 138 valence electrons. The van der Waals surface area contributed by atoms with Crippen LogP contribution in [0.1, 0.15) is 15.9 Å². The zero-order chi connectivity index (χ0) is 19.3. The predicted octanol–water partition coefficient (Wildman–Crippen LogP) is 4.73. The number of carbonyl (C=O) groups is 1. The van der Waals surface area contributed by atoms with Crippen LogP contribution in [0, 0.1) is 0 Å². The monoisotopic (exact) mass is 388 g/mol. The average molecular weight is 388 g/mol. The number of nitrogens with zero attached hydrogens (tertiary/aromatic N) is 1. The van der Waals surface area contributed by atoms with Gasteiger partial charge in [-0.15, -0.1) is 11.8 Å². The molecular weight excluding hydrogens is 372 g/mol. The summed E-state index contributed by atoms with van der Waals surface area (Å²) in [6, 6.07) is 20.1. The van der Waals surface area contributed by atoms with Gasteiger partial charge < -0.3 is 9.73 Å². The molecule has 0 atom stereocenters. The number of rotatable bonds is 5. The Kier molecular flexibility index (Phi) is 5.21. The molecule has 0 aliphatic heterocycles. The summed E-state index contributed by atoms with van der Waals surface area (Å²) < 4.78 is 5.22. The number of nitrogens with one attached hydrogen (secondary N) is 1. The van der Waals surface area contributed by atoms with E-state index < -0.39 is 11.5 Å². The summed E-state index contributed by atoms with van der Waals surface area (Å²) in [5, 5.41) is 3.45. The van der Waals surface area contributed by atoms with Crippen LogP contribution in [-0.4, -0.2) is 10.9 Å². The summed E-state index contributed by atoms with van der Waals surface area (Å²) in [5.74, 6) is 0.327. The Hall–Kier alpha value is -3.38. The van der Waals surface area contributed by atoms with E-state index >= 15 is 0 Å². The number of benzene rings is 2. The molecule has 0 spiro atoms. The maximum Gasteiger partial charge on any atom is 0.349 e. The lowest BCUT2D eigenvalue weighted by Crippen LogP contribution is -2.20. The molecule has 2 aromatic heterocycles. The molecule has 4 rings (SSSR count). The van der Waals surface area contributed by atoms with Crippen molar-refractivity contribution in [2.24, 2.45) is 0 Å². The van der Waals surface area contributed by atoms with Crippen molar-refractivity contribution in [3.8, 4) is 0 Å². The van der Waals surface area contributed by atoms with Crippen LogP contribution in [0.25, 0.3) is 11.0 Å². The van der Waals surface area contributed by atoms with Crippen LogP contribution in [0.4, 0.5) is 5.69 Å². The second-order valence-corrected chi connectivity index (χ2v) is 7.16. The van der Waals surface area contributed by atoms with Gasteiger partial charge in [-0.1, -0.05) is 24.3 Å². The molecule has 0 radical (unpaired) electrons. The molecular formula is C22H16N2O3S. The number of pyridine rings is 1. The minimum atomic E-state index is -0.653. The second kappa shape index (κ2) is 8.10. The van der Waals surface area contributed by atoms with Gasteiger partial charge in [-0.25, -0.2) is 4.79 Å². The zero-order valence-corrected chi connectivity index (χ0v) is 15.6. The maximum absolute atomic E-state index is 12.5. The minimum absolute atomic E-state index is 0.0197. The van der Waals surface area contributed by atoms with Crippen LogP contribution < -0.4 is 10.9 Å². The van der Waals surface area contributed by atoms with Crippen LogP contribution in [0.3, 0.4) is 0 Å². The lowest BCUT2D eigenvalue weighted by atomic mass is 10.1. The number of aromatic nitrogens is 1. The van der Waals surface area contributed by atoms with E-state index in [-0.39, 0.29) is 5.56 Å². The van der Waals surface area contributed by atoms with Crippen molar-refractivity contribution in [2.75, 3.05) is 5.32 Å². The smallest absolute Gasteiger partial charge is 0.349 e. The van der Waals surface area contributed by atoms with Crippen molar-refractivity contribution < 1.29 is 9.21 Å². The molecule has 0 unspecified atom stereocenters. The first-order valence-corrected chi connectivity index (χ1v) is 9.63. The quantitative estimate of drug-likeness (QED) is 0.395. The average Bonchev–Trinajstić information content (AvgIpc) is 2.73. The molecule has 0 bridgehead atoms. The largest absolute Gasteiger partial charge is 0.422 e. The lowest BCUT2D eigenvalue weighted by molar-refractivity contribution is 0.102. The highest BCUT2D eigenvalue weighted by molar-refractivity contribution is 7.98. The van der Waals surface area contributed by atoms with E-state index in [1.807, 2.05) is 48.7 Å². The number of thioether (sulfide) groups is 1. The van der Waals surface area contributed by atoms with Crippen LogP contribution in [-0.2, 0) is 5.75 Å². The summed E-state index contributed by atoms with van der Waals surface area (Å²) in [7, 11) is 0. The summed E-state index contributed by atoms with van der Waals surface area (Å²) in [5.41, 5.74) is 1.55. The molecule has 2 heterocycles. The summed E-state index contributed by atoms with van der Waals surface area (Å²) >= 11 is 1.68. The first-order chi connectivity index (χ1) is 13.7. The molecule has 0 aliphatic carbocycles. The molecule has 0 aliphatic rings. The van der Waals surface area contributed by atoms with E-state index in [0.717, 1.165) is 16.2 Å². The number of hydrogen-bond donors (Lipinski definition) is 1. The predicted molar refractivity (Wildman–Crippen MR) is 111 cm³/mol. The highest BCUT2D eigenvalue weighted by Crippen LogP contribution is 2.24. The van der Waals surface area contributed by atoms with Crippen molar-refractivity contribution in [3.05, 3.63) is 101 Å². The van der Waals surface area contributed by atoms with Crippen molar-refractivity contribution in [1.82, 2.24) is 4.98 Å². The SMILES string of the molecule is O=C(Nc1ccc(SCc2cccnc2)cc1)c1cc2ccccc2oc1=O. The highest BCUT2D eigenvalue weighted by Gasteiger charge is 2.14. The van der Waals surface area contributed by atoms with Gasteiger partial charge in [0.25, 0.3) is 5.91 Å². The van der Waals surface area contributed by atoms with Gasteiger partial charge >= 0.3 is 5.63 Å². The number of fused-ring (bicyclic) bond motifs is 1. The van der Waals surface area contributed by atoms with Gasteiger partial charge in [0.2, 0.25) is 0 Å². The molecule has 6 heteroatoms. The van der Waals surface area contributed by atoms with E-state index in [0.29, 0.717) is 16.7 Å². The highest BCUT2D eigenvalue weighted by atomic mass is 32.2. The standard InChI is InChI=1S/C22H16N2O3S/c25-21(19-12-16-5-1-2-6-20(16)27-22(19)26)24-17-7-9-18(10-8-17)28-14-15-4-3-11-23-13-15/h1-13H,14H2,(H,24,25). The van der Waals surface area contributed by atoms with E-state index in [2.05, 4.69) is 10.3 Å². The van der Waals surface area contributed by atoms with Gasteiger partial charge in [0.15, 0.2) is 0 Å². The van der Waals surface area contributed by atoms with Crippen LogP contribution >= 0.6 is 11.8 Å². The molecule has 28 heavy (non-hydrogen) atoms. The molecule has 0 saturated heterocycles. The lowest BCUT2D eigenvalue weighted by Gasteiger charge is -2.07. The van der Waals surface area contributed by atoms with Crippen LogP contribution in [0.2, 0.25) is 0 Å². The Bertz CT molecular complexity index is 1170. The topological polar surface area (TPSA) is 72.2 Å². The number of anilines is 1. The van der Waals surface area contributed by atoms with E-state index in [4.69, 9.17) is 4.42 Å². The fraction of sp³-hybridized carbons (Fsp3) is 0.0455. The number of hydrogen-bond acceptors (Lipinski definition) is 5. The number of carbonyl (C=O) groups excluding carboxylic acids is 1. The van der Waals surface area contributed by atoms with Crippen molar-refractivity contribution in [2.45, 2.75) is 10.6 Å². The molecule has 2 aromatic carbocycles. The third kappa shape index (κ3) is 4.13. The van der Waals surface area contributed by atoms with Crippen molar-refractivity contribution >= 4 is 34.3 Å². The number of para-hydroxylation sites is 1. The molecule has 5 nitrogen and oxygen atoms in total. The first kappa shape index (κ1) is 18.0. The van der Waals surface area contributed by atoms with Gasteiger partial charge in [0.1, 0.15) is 11.1 Å². The van der Waals surface area contributed by atoms with Crippen molar-refractivity contribution in [1.29, 1.82) is 0 Å². The molecule has 0 saturated carbocycles. The van der Waals surface area contributed by atoms with Gasteiger partial charge in [-0.3, -0.25) is 9.78 Å². The fourth-order valence-electron chi connectivity index (χ4n) is 2.70. The summed E-state index contributed by atoms with van der Waals surface area (Å²) in [6.07, 6.45) is 3.60. The zero-order valence-electron chi connectivity index (χ0n) is 14.8. The summed E-state index contributed by atoms with van der Waals surface area (Å²) in [4.78, 5) is 29.8. The Morgan fingerprint density at radius 2 is 1.86 bits per heavy atom. The van der Waals surface area contributed by atoms with Gasteiger partial charge in [-0.2, -0.15) is 0 Å². The molecule has 0 fully saturated rings.